The van der Waals surface area contributed by atoms with Gasteiger partial charge in [-0.15, -0.1) is 0 Å². The summed E-state index contributed by atoms with van der Waals surface area (Å²) in [6, 6.07) is 0. The maximum Gasteiger partial charge on any atom is -0.0291 e. The van der Waals surface area contributed by atoms with Gasteiger partial charge in [0.1, 0.15) is 0 Å². The van der Waals surface area contributed by atoms with E-state index >= 15 is 0 Å². The lowest BCUT2D eigenvalue weighted by Gasteiger charge is -2.45. The average molecular weight is 240 g/mol. The Morgan fingerprint density at radius 3 is 1.29 bits per heavy atom. The van der Waals surface area contributed by atoms with E-state index in [0.717, 1.165) is 11.8 Å². The summed E-state index contributed by atoms with van der Waals surface area (Å²) in [6.45, 7) is 23.9. The van der Waals surface area contributed by atoms with Gasteiger partial charge in [-0.05, 0) is 40.9 Å². The summed E-state index contributed by atoms with van der Waals surface area (Å²) < 4.78 is 0. The highest BCUT2D eigenvalue weighted by Gasteiger charge is 2.38. The second-order valence-corrected chi connectivity index (χ2v) is 9.29. The molecule has 0 aliphatic rings. The smallest absolute Gasteiger partial charge is 0.0291 e. The minimum Gasteiger partial charge on any atom is -0.0622 e. The van der Waals surface area contributed by atoms with Crippen molar-refractivity contribution in [3.63, 3.8) is 0 Å². The molecular weight excluding hydrogens is 204 g/mol. The molecule has 0 aromatic rings. The van der Waals surface area contributed by atoms with Crippen LogP contribution in [0.1, 0.15) is 82.1 Å². The van der Waals surface area contributed by atoms with Gasteiger partial charge in [0, 0.05) is 0 Å². The standard InChI is InChI=1S/C17H36/c1-13(11-12-15(2,3)4)14(16(5,6)7)17(8,9)10/h13-14H,11-12H2,1-10H3. The largest absolute Gasteiger partial charge is 0.0622 e. The Morgan fingerprint density at radius 2 is 1.06 bits per heavy atom. The summed E-state index contributed by atoms with van der Waals surface area (Å²) in [5.74, 6) is 1.58. The molecular formula is C17H36. The van der Waals surface area contributed by atoms with Crippen LogP contribution in [-0.4, -0.2) is 0 Å². The van der Waals surface area contributed by atoms with E-state index in [1.54, 1.807) is 0 Å². The van der Waals surface area contributed by atoms with E-state index in [9.17, 15) is 0 Å². The first-order valence-corrected chi connectivity index (χ1v) is 7.25. The first-order chi connectivity index (χ1) is 7.25. The molecule has 0 heteroatoms. The third kappa shape index (κ3) is 6.48. The van der Waals surface area contributed by atoms with Gasteiger partial charge >= 0.3 is 0 Å². The van der Waals surface area contributed by atoms with Crippen LogP contribution in [-0.2, 0) is 0 Å². The molecule has 0 bridgehead atoms. The Morgan fingerprint density at radius 1 is 0.706 bits per heavy atom. The highest BCUT2D eigenvalue weighted by molar-refractivity contribution is 4.87. The molecule has 104 valence electrons. The molecule has 0 nitrogen and oxygen atoms in total. The number of hydrogen-bond donors (Lipinski definition) is 0. The van der Waals surface area contributed by atoms with Crippen molar-refractivity contribution >= 4 is 0 Å². The predicted molar refractivity (Wildman–Crippen MR) is 80.3 cm³/mol. The van der Waals surface area contributed by atoms with Crippen molar-refractivity contribution in [2.24, 2.45) is 28.1 Å². The van der Waals surface area contributed by atoms with Crippen molar-refractivity contribution in [3.05, 3.63) is 0 Å². The molecule has 0 saturated heterocycles. The Balaban J connectivity index is 4.74. The van der Waals surface area contributed by atoms with Crippen molar-refractivity contribution in [2.45, 2.75) is 82.1 Å². The topological polar surface area (TPSA) is 0 Å². The van der Waals surface area contributed by atoms with E-state index in [1.807, 2.05) is 0 Å². The van der Waals surface area contributed by atoms with Crippen LogP contribution < -0.4 is 0 Å². The maximum absolute atomic E-state index is 2.45. The Hall–Kier alpha value is 0. The normalized spacial score (nSPS) is 16.4. The van der Waals surface area contributed by atoms with Gasteiger partial charge in [-0.1, -0.05) is 69.2 Å². The fourth-order valence-electron chi connectivity index (χ4n) is 3.83. The van der Waals surface area contributed by atoms with Crippen molar-refractivity contribution < 1.29 is 0 Å². The van der Waals surface area contributed by atoms with Gasteiger partial charge in [0.15, 0.2) is 0 Å². The van der Waals surface area contributed by atoms with Crippen LogP contribution >= 0.6 is 0 Å². The Kier molecular flexibility index (Phi) is 5.33. The molecule has 0 amide bonds. The van der Waals surface area contributed by atoms with E-state index < -0.39 is 0 Å². The minimum absolute atomic E-state index is 0.398. The van der Waals surface area contributed by atoms with Crippen LogP contribution in [0.4, 0.5) is 0 Å². The van der Waals surface area contributed by atoms with Gasteiger partial charge < -0.3 is 0 Å². The summed E-state index contributed by atoms with van der Waals surface area (Å²) in [7, 11) is 0. The van der Waals surface area contributed by atoms with E-state index in [2.05, 4.69) is 69.2 Å². The van der Waals surface area contributed by atoms with Crippen molar-refractivity contribution in [2.75, 3.05) is 0 Å². The van der Waals surface area contributed by atoms with Gasteiger partial charge in [-0.2, -0.15) is 0 Å². The molecule has 1 unspecified atom stereocenters. The Labute approximate surface area is 111 Å². The second-order valence-electron chi connectivity index (χ2n) is 9.29. The summed E-state index contributed by atoms with van der Waals surface area (Å²) >= 11 is 0. The lowest BCUT2D eigenvalue weighted by atomic mass is 9.60. The van der Waals surface area contributed by atoms with Crippen LogP contribution in [0.5, 0.6) is 0 Å². The van der Waals surface area contributed by atoms with E-state index in [4.69, 9.17) is 0 Å². The fourth-order valence-corrected chi connectivity index (χ4v) is 3.83. The summed E-state index contributed by atoms with van der Waals surface area (Å²) in [5, 5.41) is 0. The average Bonchev–Trinajstić information content (AvgIpc) is 1.93. The van der Waals surface area contributed by atoms with Crippen LogP contribution in [0.25, 0.3) is 0 Å². The Bertz CT molecular complexity index is 202. The molecule has 0 aromatic carbocycles. The molecule has 0 spiro atoms. The molecule has 0 rings (SSSR count). The van der Waals surface area contributed by atoms with E-state index in [-0.39, 0.29) is 0 Å². The SMILES string of the molecule is CC(CCC(C)(C)C)C(C(C)(C)C)C(C)(C)C. The molecule has 0 aliphatic carbocycles. The zero-order chi connectivity index (χ0) is 14.1. The molecule has 0 aromatic heterocycles. The van der Waals surface area contributed by atoms with E-state index in [1.165, 1.54) is 12.8 Å². The number of hydrogen-bond acceptors (Lipinski definition) is 0. The van der Waals surface area contributed by atoms with Gasteiger partial charge in [0.2, 0.25) is 0 Å². The zero-order valence-electron chi connectivity index (χ0n) is 14.1. The third-order valence-electron chi connectivity index (χ3n) is 3.78. The van der Waals surface area contributed by atoms with Crippen LogP contribution in [0.15, 0.2) is 0 Å². The molecule has 1 atom stereocenters. The van der Waals surface area contributed by atoms with Gasteiger partial charge in [0.05, 0.1) is 0 Å². The molecule has 0 N–H and O–H groups in total. The molecule has 0 radical (unpaired) electrons. The summed E-state index contributed by atoms with van der Waals surface area (Å²) in [4.78, 5) is 0. The monoisotopic (exact) mass is 240 g/mol. The van der Waals surface area contributed by atoms with Crippen molar-refractivity contribution in [1.82, 2.24) is 0 Å². The van der Waals surface area contributed by atoms with Gasteiger partial charge in [-0.25, -0.2) is 0 Å². The van der Waals surface area contributed by atoms with Crippen molar-refractivity contribution in [3.8, 4) is 0 Å². The van der Waals surface area contributed by atoms with Crippen molar-refractivity contribution in [1.29, 1.82) is 0 Å². The summed E-state index contributed by atoms with van der Waals surface area (Å²) in [6.07, 6.45) is 2.68. The third-order valence-corrected chi connectivity index (χ3v) is 3.78. The van der Waals surface area contributed by atoms with Gasteiger partial charge in [0.25, 0.3) is 0 Å². The predicted octanol–water partition coefficient (Wildman–Crippen LogP) is 6.16. The summed E-state index contributed by atoms with van der Waals surface area (Å²) in [5.41, 5.74) is 1.26. The first-order valence-electron chi connectivity index (χ1n) is 7.25. The molecule has 17 heavy (non-hydrogen) atoms. The first kappa shape index (κ1) is 17.0. The van der Waals surface area contributed by atoms with Gasteiger partial charge in [-0.3, -0.25) is 0 Å². The van der Waals surface area contributed by atoms with Crippen LogP contribution in [0, 0.1) is 28.1 Å². The lowest BCUT2D eigenvalue weighted by Crippen LogP contribution is -2.37. The number of rotatable bonds is 3. The van der Waals surface area contributed by atoms with Crippen LogP contribution in [0.3, 0.4) is 0 Å². The highest BCUT2D eigenvalue weighted by atomic mass is 14.4. The van der Waals surface area contributed by atoms with Crippen LogP contribution in [0.2, 0.25) is 0 Å². The fraction of sp³-hybridized carbons (Fsp3) is 1.00. The zero-order valence-corrected chi connectivity index (χ0v) is 14.1. The molecule has 0 heterocycles. The highest BCUT2D eigenvalue weighted by Crippen LogP contribution is 2.46. The molecule has 0 aliphatic heterocycles. The maximum atomic E-state index is 2.45. The minimum atomic E-state index is 0.398. The lowest BCUT2D eigenvalue weighted by molar-refractivity contribution is 0.0413. The molecule has 0 saturated carbocycles. The molecule has 0 fully saturated rings. The van der Waals surface area contributed by atoms with E-state index in [0.29, 0.717) is 16.2 Å². The quantitative estimate of drug-likeness (QED) is 0.554. The second kappa shape index (κ2) is 5.33.